The van der Waals surface area contributed by atoms with E-state index in [0.717, 1.165) is 43.4 Å². The Morgan fingerprint density at radius 1 is 0.968 bits per heavy atom. The van der Waals surface area contributed by atoms with E-state index in [1.165, 1.54) is 25.7 Å². The van der Waals surface area contributed by atoms with Gasteiger partial charge in [-0.2, -0.15) is 5.10 Å². The molecule has 166 valence electrons. The van der Waals surface area contributed by atoms with Gasteiger partial charge in [-0.1, -0.05) is 12.8 Å². The SMILES string of the molecule is O=C(c1cnn(-c2ccc(OC3CCN(C4CCCC4)CC3)cc2)c1)N1CCOCC1. The minimum Gasteiger partial charge on any atom is -0.490 e. The molecule has 0 N–H and O–H groups in total. The molecule has 0 atom stereocenters. The lowest BCUT2D eigenvalue weighted by Gasteiger charge is -2.36. The van der Waals surface area contributed by atoms with E-state index in [0.29, 0.717) is 38.0 Å². The lowest BCUT2D eigenvalue weighted by Crippen LogP contribution is -2.43. The van der Waals surface area contributed by atoms with Gasteiger partial charge in [-0.3, -0.25) is 4.79 Å². The number of carbonyl (C=O) groups excluding carboxylic acids is 1. The van der Waals surface area contributed by atoms with E-state index in [-0.39, 0.29) is 5.91 Å². The molecule has 1 amide bonds. The van der Waals surface area contributed by atoms with Gasteiger partial charge in [0.15, 0.2) is 0 Å². The molecule has 0 radical (unpaired) electrons. The van der Waals surface area contributed by atoms with Gasteiger partial charge in [0.2, 0.25) is 0 Å². The fraction of sp³-hybridized carbons (Fsp3) is 0.583. The van der Waals surface area contributed by atoms with E-state index in [4.69, 9.17) is 9.47 Å². The molecule has 1 aromatic carbocycles. The number of morpholine rings is 1. The molecule has 3 fully saturated rings. The highest BCUT2D eigenvalue weighted by atomic mass is 16.5. The number of likely N-dealkylation sites (tertiary alicyclic amines) is 1. The van der Waals surface area contributed by atoms with Crippen molar-refractivity contribution in [2.24, 2.45) is 0 Å². The third-order valence-electron chi connectivity index (χ3n) is 6.85. The monoisotopic (exact) mass is 424 g/mol. The van der Waals surface area contributed by atoms with Crippen LogP contribution in [0.4, 0.5) is 0 Å². The van der Waals surface area contributed by atoms with Gasteiger partial charge >= 0.3 is 0 Å². The second-order valence-electron chi connectivity index (χ2n) is 8.86. The number of benzene rings is 1. The van der Waals surface area contributed by atoms with Crippen molar-refractivity contribution in [2.75, 3.05) is 39.4 Å². The van der Waals surface area contributed by atoms with Gasteiger partial charge in [0.05, 0.1) is 30.7 Å². The molecule has 1 saturated carbocycles. The van der Waals surface area contributed by atoms with E-state index >= 15 is 0 Å². The Hall–Kier alpha value is -2.38. The summed E-state index contributed by atoms with van der Waals surface area (Å²) in [4.78, 5) is 17.1. The van der Waals surface area contributed by atoms with Crippen LogP contribution in [0.25, 0.3) is 5.69 Å². The predicted molar refractivity (Wildman–Crippen MR) is 118 cm³/mol. The quantitative estimate of drug-likeness (QED) is 0.738. The number of ether oxygens (including phenoxy) is 2. The third-order valence-corrected chi connectivity index (χ3v) is 6.85. The van der Waals surface area contributed by atoms with Crippen molar-refractivity contribution in [3.05, 3.63) is 42.2 Å². The number of hydrogen-bond donors (Lipinski definition) is 0. The maximum absolute atomic E-state index is 12.6. The summed E-state index contributed by atoms with van der Waals surface area (Å²) in [6.07, 6.45) is 11.5. The highest BCUT2D eigenvalue weighted by molar-refractivity contribution is 5.93. The summed E-state index contributed by atoms with van der Waals surface area (Å²) in [5.41, 5.74) is 1.53. The van der Waals surface area contributed by atoms with Crippen LogP contribution < -0.4 is 4.74 Å². The summed E-state index contributed by atoms with van der Waals surface area (Å²) >= 11 is 0. The van der Waals surface area contributed by atoms with Gasteiger partial charge < -0.3 is 19.3 Å². The molecule has 0 unspecified atom stereocenters. The number of nitrogens with zero attached hydrogens (tertiary/aromatic N) is 4. The van der Waals surface area contributed by atoms with E-state index in [9.17, 15) is 4.79 Å². The predicted octanol–water partition coefficient (Wildman–Crippen LogP) is 3.13. The molecule has 7 nitrogen and oxygen atoms in total. The summed E-state index contributed by atoms with van der Waals surface area (Å²) in [6, 6.07) is 8.82. The summed E-state index contributed by atoms with van der Waals surface area (Å²) in [7, 11) is 0. The van der Waals surface area contributed by atoms with Crippen LogP contribution in [-0.2, 0) is 4.74 Å². The highest BCUT2D eigenvalue weighted by Crippen LogP contribution is 2.27. The molecule has 1 aliphatic carbocycles. The molecule has 0 bridgehead atoms. The Bertz CT molecular complexity index is 861. The average molecular weight is 425 g/mol. The fourth-order valence-electron chi connectivity index (χ4n) is 5.02. The number of carbonyl (C=O) groups is 1. The van der Waals surface area contributed by atoms with E-state index < -0.39 is 0 Å². The smallest absolute Gasteiger partial charge is 0.257 e. The molecule has 2 aromatic rings. The molecule has 1 aromatic heterocycles. The first-order valence-corrected chi connectivity index (χ1v) is 11.7. The zero-order chi connectivity index (χ0) is 21.0. The van der Waals surface area contributed by atoms with Crippen molar-refractivity contribution in [3.63, 3.8) is 0 Å². The van der Waals surface area contributed by atoms with Crippen LogP contribution in [0.15, 0.2) is 36.7 Å². The molecule has 2 aliphatic heterocycles. The molecule has 0 spiro atoms. The molecular formula is C24H32N4O3. The minimum atomic E-state index is 0.0125. The Kier molecular flexibility index (Phi) is 6.22. The molecule has 7 heteroatoms. The van der Waals surface area contributed by atoms with Crippen molar-refractivity contribution in [2.45, 2.75) is 50.7 Å². The fourth-order valence-corrected chi connectivity index (χ4v) is 5.02. The van der Waals surface area contributed by atoms with Crippen LogP contribution in [0.3, 0.4) is 0 Å². The van der Waals surface area contributed by atoms with Gasteiger partial charge in [0.1, 0.15) is 11.9 Å². The topological polar surface area (TPSA) is 59.8 Å². The van der Waals surface area contributed by atoms with Crippen molar-refractivity contribution in [1.82, 2.24) is 19.6 Å². The standard InChI is InChI=1S/C24H32N4O3/c29-24(27-13-15-30-16-14-27)19-17-25-28(18-19)21-5-7-22(8-6-21)31-23-9-11-26(12-10-23)20-3-1-2-4-20/h5-8,17-18,20,23H,1-4,9-16H2. The lowest BCUT2D eigenvalue weighted by atomic mass is 10.0. The number of hydrogen-bond acceptors (Lipinski definition) is 5. The molecular weight excluding hydrogens is 392 g/mol. The number of amides is 1. The number of rotatable bonds is 5. The minimum absolute atomic E-state index is 0.0125. The zero-order valence-electron chi connectivity index (χ0n) is 18.1. The Morgan fingerprint density at radius 3 is 2.39 bits per heavy atom. The van der Waals surface area contributed by atoms with Gasteiger partial charge in [0.25, 0.3) is 5.91 Å². The van der Waals surface area contributed by atoms with Crippen molar-refractivity contribution < 1.29 is 14.3 Å². The average Bonchev–Trinajstić information content (AvgIpc) is 3.53. The van der Waals surface area contributed by atoms with Gasteiger partial charge in [-0.15, -0.1) is 0 Å². The van der Waals surface area contributed by atoms with Gasteiger partial charge in [-0.05, 0) is 49.9 Å². The molecule has 3 heterocycles. The van der Waals surface area contributed by atoms with Crippen molar-refractivity contribution in [1.29, 1.82) is 0 Å². The normalized spacial score (nSPS) is 21.5. The van der Waals surface area contributed by atoms with Crippen LogP contribution in [0.5, 0.6) is 5.75 Å². The highest BCUT2D eigenvalue weighted by Gasteiger charge is 2.27. The Balaban J connectivity index is 1.15. The molecule has 31 heavy (non-hydrogen) atoms. The Labute approximate surface area is 183 Å². The number of aromatic nitrogens is 2. The van der Waals surface area contributed by atoms with E-state index in [2.05, 4.69) is 10.00 Å². The summed E-state index contributed by atoms with van der Waals surface area (Å²) in [5, 5.41) is 4.39. The summed E-state index contributed by atoms with van der Waals surface area (Å²) in [6.45, 7) is 4.77. The summed E-state index contributed by atoms with van der Waals surface area (Å²) < 4.78 is 13.3. The number of piperidine rings is 1. The first kappa shape index (κ1) is 20.5. The Morgan fingerprint density at radius 2 is 1.68 bits per heavy atom. The molecule has 3 aliphatic rings. The van der Waals surface area contributed by atoms with Crippen LogP contribution in [0, 0.1) is 0 Å². The maximum Gasteiger partial charge on any atom is 0.257 e. The van der Waals surface area contributed by atoms with E-state index in [1.54, 1.807) is 17.1 Å². The van der Waals surface area contributed by atoms with Crippen LogP contribution in [0.2, 0.25) is 0 Å². The van der Waals surface area contributed by atoms with E-state index in [1.807, 2.05) is 29.2 Å². The largest absolute Gasteiger partial charge is 0.490 e. The van der Waals surface area contributed by atoms with Crippen molar-refractivity contribution in [3.8, 4) is 11.4 Å². The van der Waals surface area contributed by atoms with Crippen LogP contribution >= 0.6 is 0 Å². The van der Waals surface area contributed by atoms with Crippen molar-refractivity contribution >= 4 is 5.91 Å². The van der Waals surface area contributed by atoms with Crippen LogP contribution in [-0.4, -0.2) is 77.0 Å². The maximum atomic E-state index is 12.6. The second-order valence-corrected chi connectivity index (χ2v) is 8.86. The second kappa shape index (κ2) is 9.40. The first-order chi connectivity index (χ1) is 15.3. The molecule has 5 rings (SSSR count). The summed E-state index contributed by atoms with van der Waals surface area (Å²) in [5.74, 6) is 0.915. The third kappa shape index (κ3) is 4.77. The molecule has 2 saturated heterocycles. The van der Waals surface area contributed by atoms with Crippen LogP contribution in [0.1, 0.15) is 48.9 Å². The van der Waals surface area contributed by atoms with Gasteiger partial charge in [0, 0.05) is 38.4 Å². The lowest BCUT2D eigenvalue weighted by molar-refractivity contribution is 0.0303. The van der Waals surface area contributed by atoms with Gasteiger partial charge in [-0.25, -0.2) is 4.68 Å². The zero-order valence-corrected chi connectivity index (χ0v) is 18.1. The first-order valence-electron chi connectivity index (χ1n) is 11.7.